The van der Waals surface area contributed by atoms with E-state index in [2.05, 4.69) is 15.3 Å². The monoisotopic (exact) mass is 356 g/mol. The summed E-state index contributed by atoms with van der Waals surface area (Å²) >= 11 is 5.79. The lowest BCUT2D eigenvalue weighted by Crippen LogP contribution is -2.39. The van der Waals surface area contributed by atoms with Crippen LogP contribution in [0.15, 0.2) is 64.4 Å². The third kappa shape index (κ3) is 3.84. The van der Waals surface area contributed by atoms with Crippen molar-refractivity contribution in [2.24, 2.45) is 0 Å². The van der Waals surface area contributed by atoms with Crippen molar-refractivity contribution in [2.75, 3.05) is 5.32 Å². The molecule has 1 amide bonds. The molecular weight excluding hydrogens is 344 g/mol. The van der Waals surface area contributed by atoms with Gasteiger partial charge >= 0.3 is 5.69 Å². The number of nitrogens with one attached hydrogen (secondary N) is 2. The van der Waals surface area contributed by atoms with Crippen LogP contribution in [0.3, 0.4) is 0 Å². The molecule has 0 atom stereocenters. The summed E-state index contributed by atoms with van der Waals surface area (Å²) < 4.78 is 0.930. The van der Waals surface area contributed by atoms with Crippen LogP contribution in [0.5, 0.6) is 0 Å². The van der Waals surface area contributed by atoms with Crippen molar-refractivity contribution < 1.29 is 4.79 Å². The highest BCUT2D eigenvalue weighted by atomic mass is 35.5. The average Bonchev–Trinajstić information content (AvgIpc) is 2.61. The fourth-order valence-corrected chi connectivity index (χ4v) is 2.33. The second-order valence-electron chi connectivity index (χ2n) is 5.18. The Labute approximate surface area is 146 Å². The fraction of sp³-hybridized carbons (Fsp3) is 0.0588. The van der Waals surface area contributed by atoms with Gasteiger partial charge in [0.25, 0.3) is 11.5 Å². The molecule has 0 aliphatic rings. The quantitative estimate of drug-likeness (QED) is 0.746. The van der Waals surface area contributed by atoms with Crippen LogP contribution < -0.4 is 16.6 Å². The Kier molecular flexibility index (Phi) is 4.76. The largest absolute Gasteiger partial charge is 0.328 e. The van der Waals surface area contributed by atoms with Gasteiger partial charge in [-0.1, -0.05) is 17.7 Å². The van der Waals surface area contributed by atoms with E-state index < -0.39 is 17.2 Å². The van der Waals surface area contributed by atoms with Crippen molar-refractivity contribution in [3.05, 3.63) is 92.0 Å². The van der Waals surface area contributed by atoms with Crippen molar-refractivity contribution in [1.29, 1.82) is 0 Å². The van der Waals surface area contributed by atoms with E-state index in [9.17, 15) is 14.4 Å². The van der Waals surface area contributed by atoms with Crippen LogP contribution in [0, 0.1) is 0 Å². The molecule has 0 saturated heterocycles. The second-order valence-corrected chi connectivity index (χ2v) is 5.62. The van der Waals surface area contributed by atoms with E-state index in [4.69, 9.17) is 11.6 Å². The topological polar surface area (TPSA) is 96.8 Å². The van der Waals surface area contributed by atoms with E-state index in [0.717, 1.165) is 10.8 Å². The number of aromatic amines is 1. The van der Waals surface area contributed by atoms with Crippen molar-refractivity contribution in [3.8, 4) is 0 Å². The van der Waals surface area contributed by atoms with Gasteiger partial charge in [-0.3, -0.25) is 19.1 Å². The summed E-state index contributed by atoms with van der Waals surface area (Å²) in [7, 11) is 0. The average molecular weight is 357 g/mol. The Morgan fingerprint density at radius 1 is 1.16 bits per heavy atom. The van der Waals surface area contributed by atoms with Crippen molar-refractivity contribution >= 4 is 23.2 Å². The van der Waals surface area contributed by atoms with Gasteiger partial charge in [0.1, 0.15) is 5.56 Å². The van der Waals surface area contributed by atoms with Gasteiger partial charge in [-0.25, -0.2) is 4.79 Å². The van der Waals surface area contributed by atoms with Crippen LogP contribution in [0.2, 0.25) is 5.02 Å². The van der Waals surface area contributed by atoms with Crippen molar-refractivity contribution in [3.63, 3.8) is 0 Å². The Bertz CT molecular complexity index is 1010. The number of rotatable bonds is 4. The number of hydrogen-bond donors (Lipinski definition) is 2. The van der Waals surface area contributed by atoms with Gasteiger partial charge in [-0.15, -0.1) is 0 Å². The molecule has 0 aliphatic carbocycles. The molecule has 0 saturated carbocycles. The number of pyridine rings is 1. The molecule has 126 valence electrons. The Morgan fingerprint density at radius 2 is 1.92 bits per heavy atom. The molecule has 0 spiro atoms. The van der Waals surface area contributed by atoms with Gasteiger partial charge in [-0.05, 0) is 36.4 Å². The van der Waals surface area contributed by atoms with Gasteiger partial charge in [0.05, 0.1) is 12.2 Å². The van der Waals surface area contributed by atoms with Crippen LogP contribution in [-0.2, 0) is 6.54 Å². The number of amides is 1. The van der Waals surface area contributed by atoms with Gasteiger partial charge in [0.2, 0.25) is 0 Å². The minimum absolute atomic E-state index is 0.0307. The molecule has 7 nitrogen and oxygen atoms in total. The standard InChI is InChI=1S/C17H13ClN4O3/c18-11-4-6-12(7-5-11)21-15(23)14-9-20-17(25)22(16(14)24)10-13-3-1-2-8-19-13/h1-9H,10H2,(H,20,25)(H,21,23). The fourth-order valence-electron chi connectivity index (χ4n) is 2.20. The number of nitrogens with zero attached hydrogens (tertiary/aromatic N) is 2. The lowest BCUT2D eigenvalue weighted by Gasteiger charge is -2.08. The molecule has 2 heterocycles. The molecule has 2 aromatic heterocycles. The zero-order chi connectivity index (χ0) is 17.8. The van der Waals surface area contributed by atoms with E-state index in [1.165, 1.54) is 0 Å². The van der Waals surface area contributed by atoms with Crippen LogP contribution in [-0.4, -0.2) is 20.4 Å². The van der Waals surface area contributed by atoms with Gasteiger partial charge in [-0.2, -0.15) is 0 Å². The Morgan fingerprint density at radius 3 is 2.60 bits per heavy atom. The third-order valence-corrected chi connectivity index (χ3v) is 3.71. The number of H-pyrrole nitrogens is 1. The first kappa shape index (κ1) is 16.7. The maximum atomic E-state index is 12.5. The summed E-state index contributed by atoms with van der Waals surface area (Å²) in [4.78, 5) is 43.3. The lowest BCUT2D eigenvalue weighted by atomic mass is 10.2. The highest BCUT2D eigenvalue weighted by Gasteiger charge is 2.15. The zero-order valence-corrected chi connectivity index (χ0v) is 13.7. The number of aromatic nitrogens is 3. The summed E-state index contributed by atoms with van der Waals surface area (Å²) in [6.07, 6.45) is 2.66. The summed E-state index contributed by atoms with van der Waals surface area (Å²) in [5.41, 5.74) is -0.466. The molecule has 0 radical (unpaired) electrons. The van der Waals surface area contributed by atoms with Gasteiger partial charge in [0, 0.05) is 23.1 Å². The van der Waals surface area contributed by atoms with Crippen LogP contribution in [0.4, 0.5) is 5.69 Å². The highest BCUT2D eigenvalue weighted by molar-refractivity contribution is 6.30. The summed E-state index contributed by atoms with van der Waals surface area (Å²) in [6, 6.07) is 11.6. The number of carbonyl (C=O) groups is 1. The van der Waals surface area contributed by atoms with Crippen LogP contribution >= 0.6 is 11.6 Å². The second kappa shape index (κ2) is 7.14. The van der Waals surface area contributed by atoms with E-state index in [-0.39, 0.29) is 12.1 Å². The molecular formula is C17H13ClN4O3. The predicted molar refractivity (Wildman–Crippen MR) is 94.1 cm³/mol. The first-order valence-corrected chi connectivity index (χ1v) is 7.72. The molecule has 0 fully saturated rings. The van der Waals surface area contributed by atoms with E-state index in [0.29, 0.717) is 16.4 Å². The van der Waals surface area contributed by atoms with Crippen LogP contribution in [0.1, 0.15) is 16.1 Å². The molecule has 1 aromatic carbocycles. The normalized spacial score (nSPS) is 10.4. The summed E-state index contributed by atoms with van der Waals surface area (Å²) in [5, 5.41) is 3.12. The molecule has 2 N–H and O–H groups in total. The van der Waals surface area contributed by atoms with Gasteiger partial charge < -0.3 is 10.3 Å². The SMILES string of the molecule is O=C(Nc1ccc(Cl)cc1)c1c[nH]c(=O)n(Cc2ccccn2)c1=O. The van der Waals surface area contributed by atoms with Crippen LogP contribution in [0.25, 0.3) is 0 Å². The van der Waals surface area contributed by atoms with Crippen molar-refractivity contribution in [2.45, 2.75) is 6.54 Å². The predicted octanol–water partition coefficient (Wildman–Crippen LogP) is 1.89. The van der Waals surface area contributed by atoms with Gasteiger partial charge in [0.15, 0.2) is 0 Å². The highest BCUT2D eigenvalue weighted by Crippen LogP contribution is 2.13. The number of carbonyl (C=O) groups excluding carboxylic acids is 1. The van der Waals surface area contributed by atoms with E-state index >= 15 is 0 Å². The molecule has 25 heavy (non-hydrogen) atoms. The molecule has 0 unspecified atom stereocenters. The summed E-state index contributed by atoms with van der Waals surface area (Å²) in [5.74, 6) is -0.627. The zero-order valence-electron chi connectivity index (χ0n) is 12.9. The first-order chi connectivity index (χ1) is 12.0. The van der Waals surface area contributed by atoms with Crippen molar-refractivity contribution in [1.82, 2.24) is 14.5 Å². The maximum absolute atomic E-state index is 12.5. The molecule has 8 heteroatoms. The minimum Gasteiger partial charge on any atom is -0.322 e. The third-order valence-electron chi connectivity index (χ3n) is 3.45. The summed E-state index contributed by atoms with van der Waals surface area (Å²) in [6.45, 7) is -0.0307. The number of benzene rings is 1. The number of anilines is 1. The smallest absolute Gasteiger partial charge is 0.322 e. The minimum atomic E-state index is -0.694. The lowest BCUT2D eigenvalue weighted by molar-refractivity contribution is 0.102. The Hall–Kier alpha value is -3.19. The molecule has 3 rings (SSSR count). The first-order valence-electron chi connectivity index (χ1n) is 7.34. The maximum Gasteiger partial charge on any atom is 0.328 e. The molecule has 0 bridgehead atoms. The molecule has 0 aliphatic heterocycles. The molecule has 3 aromatic rings. The number of halogens is 1. The van der Waals surface area contributed by atoms with E-state index in [1.807, 2.05) is 0 Å². The number of hydrogen-bond acceptors (Lipinski definition) is 4. The van der Waals surface area contributed by atoms with E-state index in [1.54, 1.807) is 48.7 Å². The Balaban J connectivity index is 1.90.